The van der Waals surface area contributed by atoms with E-state index in [4.69, 9.17) is 4.74 Å². The van der Waals surface area contributed by atoms with Gasteiger partial charge in [-0.25, -0.2) is 13.1 Å². The first kappa shape index (κ1) is 33.0. The highest BCUT2D eigenvalue weighted by Gasteiger charge is 2.60. The third kappa shape index (κ3) is 8.05. The van der Waals surface area contributed by atoms with Crippen LogP contribution in [0.3, 0.4) is 0 Å². The first-order valence-electron chi connectivity index (χ1n) is 13.0. The van der Waals surface area contributed by atoms with E-state index in [1.54, 1.807) is 23.8 Å². The summed E-state index contributed by atoms with van der Waals surface area (Å²) in [5, 5.41) is 1.92. The molecular formula is C28H30F6N2O5S. The zero-order valence-corrected chi connectivity index (χ0v) is 23.6. The third-order valence-corrected chi connectivity index (χ3v) is 8.01. The molecule has 0 saturated heterocycles. The summed E-state index contributed by atoms with van der Waals surface area (Å²) in [6.45, 7) is 3.04. The Hall–Kier alpha value is -3.55. The Balaban J connectivity index is 1.94. The number of ether oxygens (including phenoxy) is 1. The van der Waals surface area contributed by atoms with E-state index >= 15 is 0 Å². The first-order chi connectivity index (χ1) is 19.5. The van der Waals surface area contributed by atoms with Crippen LogP contribution in [0, 0.1) is 6.92 Å². The highest BCUT2D eigenvalue weighted by atomic mass is 32.2. The lowest BCUT2D eigenvalue weighted by atomic mass is 9.76. The Morgan fingerprint density at radius 2 is 1.60 bits per heavy atom. The SMILES string of the molecule is CCS(=O)(=O)NC(=O)C1=C(c2ccc(C)cc2)CC(c2ccc(OCCCCCC(F)(F)F)cc2)(C(F)(F)F)NC1=O. The van der Waals surface area contributed by atoms with Gasteiger partial charge in [0, 0.05) is 12.8 Å². The number of hydrogen-bond acceptors (Lipinski definition) is 5. The third-order valence-electron chi connectivity index (χ3n) is 6.76. The van der Waals surface area contributed by atoms with E-state index in [-0.39, 0.29) is 41.9 Å². The topological polar surface area (TPSA) is 102 Å². The molecule has 14 heteroatoms. The monoisotopic (exact) mass is 620 g/mol. The van der Waals surface area contributed by atoms with Crippen molar-refractivity contribution in [3.8, 4) is 5.75 Å². The largest absolute Gasteiger partial charge is 0.494 e. The van der Waals surface area contributed by atoms with Gasteiger partial charge in [0.15, 0.2) is 5.54 Å². The molecule has 0 radical (unpaired) electrons. The van der Waals surface area contributed by atoms with Gasteiger partial charge in [-0.3, -0.25) is 9.59 Å². The smallest absolute Gasteiger partial charge is 0.416 e. The molecule has 1 unspecified atom stereocenters. The molecule has 0 bridgehead atoms. The van der Waals surface area contributed by atoms with Gasteiger partial charge < -0.3 is 10.1 Å². The van der Waals surface area contributed by atoms with E-state index in [2.05, 4.69) is 0 Å². The molecule has 3 rings (SSSR count). The number of nitrogens with one attached hydrogen (secondary N) is 2. The molecule has 0 aromatic heterocycles. The van der Waals surface area contributed by atoms with Crippen LogP contribution in [0.25, 0.3) is 5.57 Å². The maximum Gasteiger partial charge on any atom is 0.416 e. The van der Waals surface area contributed by atoms with Crippen molar-refractivity contribution >= 4 is 27.4 Å². The molecule has 2 aromatic rings. The van der Waals surface area contributed by atoms with Crippen molar-refractivity contribution < 1.29 is 49.1 Å². The molecule has 0 fully saturated rings. The highest BCUT2D eigenvalue weighted by molar-refractivity contribution is 7.90. The number of benzene rings is 2. The van der Waals surface area contributed by atoms with Crippen LogP contribution in [0.5, 0.6) is 5.75 Å². The van der Waals surface area contributed by atoms with Crippen molar-refractivity contribution in [2.45, 2.75) is 63.8 Å². The average molecular weight is 621 g/mol. The quantitative estimate of drug-likeness (QED) is 0.191. The standard InChI is InChI=1S/C28H30F6N2O5S/c1-3-42(39,40)36-25(38)23-22(19-9-7-18(2)8-10-19)17-26(28(32,33)34,35-24(23)37)20-11-13-21(14-12-20)41-16-6-4-5-15-27(29,30)31/h7-14H,3-6,15-17H2,1-2H3,(H,35,37)(H,36,38). The Labute approximate surface area is 239 Å². The molecule has 1 aliphatic rings. The van der Waals surface area contributed by atoms with Gasteiger partial charge in [-0.1, -0.05) is 42.0 Å². The van der Waals surface area contributed by atoms with Gasteiger partial charge in [0.2, 0.25) is 10.0 Å². The summed E-state index contributed by atoms with van der Waals surface area (Å²) >= 11 is 0. The summed E-state index contributed by atoms with van der Waals surface area (Å²) in [6.07, 6.45) is -10.6. The molecule has 0 aliphatic carbocycles. The molecule has 2 amide bonds. The van der Waals surface area contributed by atoms with Crippen molar-refractivity contribution in [1.29, 1.82) is 0 Å². The molecule has 1 atom stereocenters. The molecular weight excluding hydrogens is 590 g/mol. The number of unbranched alkanes of at least 4 members (excludes halogenated alkanes) is 2. The Morgan fingerprint density at radius 3 is 2.14 bits per heavy atom. The van der Waals surface area contributed by atoms with Gasteiger partial charge in [-0.2, -0.15) is 26.3 Å². The van der Waals surface area contributed by atoms with Crippen LogP contribution in [-0.4, -0.2) is 44.9 Å². The van der Waals surface area contributed by atoms with Gasteiger partial charge in [0.05, 0.1) is 12.4 Å². The summed E-state index contributed by atoms with van der Waals surface area (Å²) in [5.74, 6) is -3.08. The van der Waals surface area contributed by atoms with Crippen molar-refractivity contribution in [3.63, 3.8) is 0 Å². The van der Waals surface area contributed by atoms with Crippen LogP contribution in [0.4, 0.5) is 26.3 Å². The molecule has 0 spiro atoms. The predicted octanol–water partition coefficient (Wildman–Crippen LogP) is 5.69. The van der Waals surface area contributed by atoms with Crippen LogP contribution >= 0.6 is 0 Å². The fourth-order valence-electron chi connectivity index (χ4n) is 4.44. The molecule has 230 valence electrons. The number of amides is 2. The van der Waals surface area contributed by atoms with E-state index < -0.39 is 63.9 Å². The maximum atomic E-state index is 14.8. The second-order valence-corrected chi connectivity index (χ2v) is 11.9. The van der Waals surface area contributed by atoms with E-state index in [1.807, 2.05) is 5.32 Å². The van der Waals surface area contributed by atoms with Crippen LogP contribution in [0.2, 0.25) is 0 Å². The summed E-state index contributed by atoms with van der Waals surface area (Å²) in [6, 6.07) is 10.7. The van der Waals surface area contributed by atoms with Gasteiger partial charge >= 0.3 is 12.4 Å². The number of sulfonamides is 1. The normalized spacial score (nSPS) is 18.0. The zero-order valence-electron chi connectivity index (χ0n) is 22.8. The van der Waals surface area contributed by atoms with Crippen LogP contribution in [-0.2, 0) is 25.2 Å². The van der Waals surface area contributed by atoms with Crippen molar-refractivity contribution in [1.82, 2.24) is 10.0 Å². The van der Waals surface area contributed by atoms with E-state index in [0.717, 1.165) is 17.7 Å². The average Bonchev–Trinajstić information content (AvgIpc) is 2.89. The number of rotatable bonds is 11. The van der Waals surface area contributed by atoms with Gasteiger partial charge in [-0.05, 0) is 61.9 Å². The summed E-state index contributed by atoms with van der Waals surface area (Å²) in [4.78, 5) is 26.2. The zero-order chi connectivity index (χ0) is 31.3. The minimum atomic E-state index is -5.06. The summed E-state index contributed by atoms with van der Waals surface area (Å²) < 4.78 is 112. The number of aryl methyl sites for hydroxylation is 1. The van der Waals surface area contributed by atoms with Crippen molar-refractivity contribution in [2.24, 2.45) is 0 Å². The Bertz CT molecular complexity index is 1420. The lowest BCUT2D eigenvalue weighted by Gasteiger charge is -2.41. The first-order valence-corrected chi connectivity index (χ1v) is 14.7. The molecule has 2 N–H and O–H groups in total. The van der Waals surface area contributed by atoms with E-state index in [1.165, 1.54) is 31.2 Å². The second-order valence-electron chi connectivity index (χ2n) is 9.89. The van der Waals surface area contributed by atoms with Crippen LogP contribution in [0.15, 0.2) is 54.1 Å². The van der Waals surface area contributed by atoms with E-state index in [0.29, 0.717) is 6.42 Å². The Kier molecular flexibility index (Phi) is 10.0. The molecule has 0 saturated carbocycles. The van der Waals surface area contributed by atoms with Gasteiger partial charge in [-0.15, -0.1) is 0 Å². The molecule has 2 aromatic carbocycles. The second kappa shape index (κ2) is 12.8. The van der Waals surface area contributed by atoms with Crippen LogP contribution in [0.1, 0.15) is 55.7 Å². The highest BCUT2D eigenvalue weighted by Crippen LogP contribution is 2.48. The lowest BCUT2D eigenvalue weighted by Crippen LogP contribution is -2.59. The molecule has 1 aliphatic heterocycles. The maximum absolute atomic E-state index is 14.8. The number of carbonyl (C=O) groups is 2. The summed E-state index contributed by atoms with van der Waals surface area (Å²) in [5.41, 5.74) is -3.49. The fourth-order valence-corrected chi connectivity index (χ4v) is 4.96. The van der Waals surface area contributed by atoms with E-state index in [9.17, 15) is 44.3 Å². The number of halogens is 6. The van der Waals surface area contributed by atoms with Crippen molar-refractivity contribution in [2.75, 3.05) is 12.4 Å². The van der Waals surface area contributed by atoms with Gasteiger partial charge in [0.25, 0.3) is 11.8 Å². The predicted molar refractivity (Wildman–Crippen MR) is 143 cm³/mol. The minimum absolute atomic E-state index is 0.0534. The van der Waals surface area contributed by atoms with Gasteiger partial charge in [0.1, 0.15) is 11.3 Å². The fraction of sp³-hybridized carbons (Fsp3) is 0.429. The molecule has 42 heavy (non-hydrogen) atoms. The van der Waals surface area contributed by atoms with Crippen LogP contribution < -0.4 is 14.8 Å². The minimum Gasteiger partial charge on any atom is -0.494 e. The molecule has 1 heterocycles. The lowest BCUT2D eigenvalue weighted by molar-refractivity contribution is -0.201. The summed E-state index contributed by atoms with van der Waals surface area (Å²) in [7, 11) is -4.14. The molecule has 7 nitrogen and oxygen atoms in total. The number of carbonyl (C=O) groups excluding carboxylic acids is 2. The Morgan fingerprint density at radius 1 is 0.976 bits per heavy atom. The van der Waals surface area contributed by atoms with Crippen molar-refractivity contribution in [3.05, 3.63) is 70.8 Å². The number of hydrogen-bond donors (Lipinski definition) is 2. The number of alkyl halides is 6.